The van der Waals surface area contributed by atoms with E-state index in [1.165, 1.54) is 0 Å². The lowest BCUT2D eigenvalue weighted by Gasteiger charge is -2.36. The number of rotatable bonds is 18. The summed E-state index contributed by atoms with van der Waals surface area (Å²) < 4.78 is 10.2. The molecular weight excluding hydrogens is 801 g/mol. The van der Waals surface area contributed by atoms with Crippen molar-refractivity contribution in [3.63, 3.8) is 0 Å². The van der Waals surface area contributed by atoms with E-state index in [0.717, 1.165) is 33.4 Å². The summed E-state index contributed by atoms with van der Waals surface area (Å²) in [6.45, 7) is 18.5. The number of carbonyl (C=O) groups excluding carboxylic acids is 4. The van der Waals surface area contributed by atoms with E-state index < -0.39 is 82.9 Å². The van der Waals surface area contributed by atoms with Crippen molar-refractivity contribution < 1.29 is 68.9 Å². The highest BCUT2D eigenvalue weighted by atomic mass is 16.6. The van der Waals surface area contributed by atoms with Crippen LogP contribution >= 0.6 is 0 Å². The van der Waals surface area contributed by atoms with Crippen LogP contribution in [0.1, 0.15) is 82.1 Å². The van der Waals surface area contributed by atoms with Crippen molar-refractivity contribution in [1.82, 2.24) is 0 Å². The van der Waals surface area contributed by atoms with Gasteiger partial charge in [0, 0.05) is 12.8 Å². The number of hydrogen-bond acceptors (Lipinski definition) is 12. The van der Waals surface area contributed by atoms with Crippen molar-refractivity contribution in [1.29, 1.82) is 0 Å². The lowest BCUT2D eigenvalue weighted by molar-refractivity contribution is -0.175. The number of ether oxygens (including phenoxy) is 2. The van der Waals surface area contributed by atoms with Gasteiger partial charge in [0.25, 0.3) is 0 Å². The van der Waals surface area contributed by atoms with Crippen molar-refractivity contribution in [2.45, 2.75) is 119 Å². The number of Topliss-reactive ketones (excluding diaryl/α,β-unsaturated/α-hetero) is 2. The monoisotopic (exact) mass is 860 g/mol. The molecule has 14 heteroatoms. The second kappa shape index (κ2) is 22.9. The van der Waals surface area contributed by atoms with E-state index in [1.807, 2.05) is 140 Å². The van der Waals surface area contributed by atoms with E-state index in [1.54, 1.807) is 13.8 Å². The highest BCUT2D eigenvalue weighted by Crippen LogP contribution is 2.42. The van der Waals surface area contributed by atoms with Crippen LogP contribution in [0.5, 0.6) is 0 Å². The summed E-state index contributed by atoms with van der Waals surface area (Å²) in [5.74, 6) is -7.30. The number of allylic oxidation sites excluding steroid dienone is 20. The summed E-state index contributed by atoms with van der Waals surface area (Å²) in [7, 11) is 0. The number of aliphatic hydroxyl groups excluding tert-OH is 4. The Labute approximate surface area is 362 Å². The molecule has 0 aromatic rings. The topological polar surface area (TPSA) is 242 Å². The Morgan fingerprint density at radius 3 is 1.13 bits per heavy atom. The number of ketones is 2. The number of carboxylic acids is 2. The third kappa shape index (κ3) is 15.0. The quantitative estimate of drug-likeness (QED) is 0.0724. The van der Waals surface area contributed by atoms with Gasteiger partial charge in [0.2, 0.25) is 0 Å². The Kier molecular flexibility index (Phi) is 19.3. The van der Waals surface area contributed by atoms with Gasteiger partial charge in [0.1, 0.15) is 0 Å². The van der Waals surface area contributed by atoms with E-state index >= 15 is 0 Å². The Hall–Kier alpha value is -5.80. The summed E-state index contributed by atoms with van der Waals surface area (Å²) in [5, 5.41) is 56.2. The first-order valence-electron chi connectivity index (χ1n) is 19.9. The van der Waals surface area contributed by atoms with Crippen molar-refractivity contribution in [2.75, 3.05) is 0 Å². The molecule has 0 aromatic carbocycles. The molecule has 0 fully saturated rings. The zero-order chi connectivity index (χ0) is 47.3. The molecule has 6 atom stereocenters. The summed E-state index contributed by atoms with van der Waals surface area (Å²) in [5.41, 5.74) is 4.84. The maximum Gasteiger partial charge on any atom is 0.339 e. The van der Waals surface area contributed by atoms with Crippen LogP contribution in [0, 0.1) is 10.8 Å². The fourth-order valence-corrected chi connectivity index (χ4v) is 6.70. The van der Waals surface area contributed by atoms with Gasteiger partial charge in [-0.15, -0.1) is 0 Å². The van der Waals surface area contributed by atoms with Crippen molar-refractivity contribution in [2.24, 2.45) is 10.8 Å². The van der Waals surface area contributed by atoms with Crippen LogP contribution in [-0.4, -0.2) is 103 Å². The average Bonchev–Trinajstić information content (AvgIpc) is 3.18. The van der Waals surface area contributed by atoms with Crippen LogP contribution in [0.15, 0.2) is 130 Å². The Morgan fingerprint density at radius 2 is 0.823 bits per heavy atom. The van der Waals surface area contributed by atoms with E-state index in [0.29, 0.717) is 11.1 Å². The summed E-state index contributed by atoms with van der Waals surface area (Å²) in [6.07, 6.45) is 15.1. The summed E-state index contributed by atoms with van der Waals surface area (Å²) in [6, 6.07) is 0. The molecule has 0 radical (unpaired) electrons. The molecule has 336 valence electrons. The smallest absolute Gasteiger partial charge is 0.339 e. The van der Waals surface area contributed by atoms with Crippen molar-refractivity contribution >= 4 is 35.4 Å². The molecule has 0 aromatic heterocycles. The second-order valence-corrected chi connectivity index (χ2v) is 16.7. The minimum Gasteiger partial charge on any atom is -0.479 e. The minimum atomic E-state index is -2.37. The SMILES string of the molecule is CC1=C(/C=C/C(C)=C/C=C/C(C)=C/C=C/C=C(C)/C=C/C=C(C)/C=C/C2=C(C)C(=O)C(OC(=O)C(O)C(O)C(=O)O)CC2(C)C)C(C)(C)CC(OC(=O)C(O)C(O)C(=O)O)C1=O. The van der Waals surface area contributed by atoms with Gasteiger partial charge in [0.05, 0.1) is 0 Å². The summed E-state index contributed by atoms with van der Waals surface area (Å²) >= 11 is 0. The number of hydrogen-bond donors (Lipinski definition) is 6. The standard InChI is InChI=1S/C48H60O14/c1-27(17-13-19-29(3)21-23-33-31(5)37(49)35(25-47(33,7)8)61-45(59)41(53)39(51)43(55)56)15-11-12-16-28(2)18-14-20-30(4)22-24-34-32(6)38(50)36(26-48(34,9)10)62-46(60)42(54)40(52)44(57)58/h11-24,35-36,39-42,51-54H,25-26H2,1-10H3,(H,55,56)(H,57,58)/b12-11+,17-13+,18-14+,23-21+,24-22+,27-15+,28-16+,29-19+,30-20+. The Morgan fingerprint density at radius 1 is 0.532 bits per heavy atom. The van der Waals surface area contributed by atoms with Gasteiger partial charge < -0.3 is 40.1 Å². The first-order valence-corrected chi connectivity index (χ1v) is 19.9. The molecule has 62 heavy (non-hydrogen) atoms. The van der Waals surface area contributed by atoms with E-state index in [4.69, 9.17) is 19.7 Å². The minimum absolute atomic E-state index is 0.100. The molecule has 0 spiro atoms. The second-order valence-electron chi connectivity index (χ2n) is 16.7. The van der Waals surface area contributed by atoms with Crippen molar-refractivity contribution in [3.8, 4) is 0 Å². The number of carbonyl (C=O) groups is 6. The van der Waals surface area contributed by atoms with Crippen LogP contribution in [0.2, 0.25) is 0 Å². The van der Waals surface area contributed by atoms with Gasteiger partial charge in [-0.3, -0.25) is 9.59 Å². The van der Waals surface area contributed by atoms with Crippen LogP contribution in [0.4, 0.5) is 0 Å². The highest BCUT2D eigenvalue weighted by molar-refractivity contribution is 6.03. The third-order valence-corrected chi connectivity index (χ3v) is 10.4. The molecule has 0 saturated carbocycles. The fraction of sp³-hybridized carbons (Fsp3) is 0.417. The molecule has 2 rings (SSSR count). The Balaban J connectivity index is 2.01. The molecule has 14 nitrogen and oxygen atoms in total. The molecule has 0 bridgehead atoms. The maximum atomic E-state index is 13.0. The molecular formula is C48H60O14. The molecule has 2 aliphatic carbocycles. The van der Waals surface area contributed by atoms with E-state index in [2.05, 4.69) is 0 Å². The normalized spacial score (nSPS) is 22.6. The molecule has 0 saturated heterocycles. The molecule has 0 heterocycles. The van der Waals surface area contributed by atoms with Crippen molar-refractivity contribution in [3.05, 3.63) is 130 Å². The number of aliphatic hydroxyl groups is 4. The van der Waals surface area contributed by atoms with Gasteiger partial charge in [-0.05, 0) is 74.7 Å². The van der Waals surface area contributed by atoms with Crippen LogP contribution in [0.3, 0.4) is 0 Å². The zero-order valence-electron chi connectivity index (χ0n) is 36.9. The molecule has 0 amide bonds. The number of carboxylic acid groups (broad SMARTS) is 2. The molecule has 6 N–H and O–H groups in total. The van der Waals surface area contributed by atoms with Gasteiger partial charge >= 0.3 is 23.9 Å². The number of esters is 2. The van der Waals surface area contributed by atoms with E-state index in [9.17, 15) is 49.2 Å². The first kappa shape index (κ1) is 52.3. The van der Waals surface area contributed by atoms with Gasteiger partial charge in [-0.1, -0.05) is 135 Å². The predicted octanol–water partition coefficient (Wildman–Crippen LogP) is 5.62. The zero-order valence-corrected chi connectivity index (χ0v) is 36.9. The average molecular weight is 861 g/mol. The van der Waals surface area contributed by atoms with Gasteiger partial charge in [-0.25, -0.2) is 19.2 Å². The molecule has 2 aliphatic rings. The lowest BCUT2D eigenvalue weighted by Crippen LogP contribution is -2.45. The lowest BCUT2D eigenvalue weighted by atomic mass is 9.71. The highest BCUT2D eigenvalue weighted by Gasteiger charge is 2.43. The number of aliphatic carboxylic acids is 2. The Bertz CT molecular complexity index is 1960. The molecule has 0 aliphatic heterocycles. The summed E-state index contributed by atoms with van der Waals surface area (Å²) in [4.78, 5) is 72.3. The first-order chi connectivity index (χ1) is 28.7. The van der Waals surface area contributed by atoms with Crippen LogP contribution in [-0.2, 0) is 38.2 Å². The van der Waals surface area contributed by atoms with Gasteiger partial charge in [0.15, 0.2) is 48.2 Å². The third-order valence-electron chi connectivity index (χ3n) is 10.4. The fourth-order valence-electron chi connectivity index (χ4n) is 6.70. The van der Waals surface area contributed by atoms with Crippen LogP contribution in [0.25, 0.3) is 0 Å². The maximum absolute atomic E-state index is 13.0. The predicted molar refractivity (Wildman–Crippen MR) is 232 cm³/mol. The van der Waals surface area contributed by atoms with Gasteiger partial charge in [-0.2, -0.15) is 0 Å². The van der Waals surface area contributed by atoms with Crippen LogP contribution < -0.4 is 0 Å². The largest absolute Gasteiger partial charge is 0.479 e. The molecule has 6 unspecified atom stereocenters. The van der Waals surface area contributed by atoms with E-state index in [-0.39, 0.29) is 12.8 Å².